The third kappa shape index (κ3) is 3.04. The summed E-state index contributed by atoms with van der Waals surface area (Å²) >= 11 is 3.74. The molecule has 17 heavy (non-hydrogen) atoms. The fourth-order valence-electron chi connectivity index (χ4n) is 2.55. The Kier molecular flexibility index (Phi) is 4.13. The lowest BCUT2D eigenvalue weighted by Gasteiger charge is -2.20. The van der Waals surface area contributed by atoms with Crippen LogP contribution in [0.25, 0.3) is 0 Å². The summed E-state index contributed by atoms with van der Waals surface area (Å²) in [5, 5.41) is 0. The molecule has 1 aliphatic rings. The van der Waals surface area contributed by atoms with E-state index in [9.17, 15) is 0 Å². The van der Waals surface area contributed by atoms with Crippen molar-refractivity contribution in [3.05, 3.63) is 29.3 Å². The average Bonchev–Trinajstić information content (AvgIpc) is 2.69. The molecule has 3 unspecified atom stereocenters. The van der Waals surface area contributed by atoms with Crippen LogP contribution < -0.4 is 4.74 Å². The number of benzene rings is 1. The Hall–Kier alpha value is -0.500. The normalized spacial score (nSPS) is 21.8. The zero-order valence-electron chi connectivity index (χ0n) is 10.9. The van der Waals surface area contributed by atoms with Gasteiger partial charge in [0, 0.05) is 11.2 Å². The second-order valence-electron chi connectivity index (χ2n) is 5.19. The quantitative estimate of drug-likeness (QED) is 0.744. The van der Waals surface area contributed by atoms with Gasteiger partial charge in [0.1, 0.15) is 11.9 Å². The Morgan fingerprint density at radius 1 is 1.47 bits per heavy atom. The summed E-state index contributed by atoms with van der Waals surface area (Å²) in [6.07, 6.45) is 3.76. The molecule has 94 valence electrons. The lowest BCUT2D eigenvalue weighted by atomic mass is 9.96. The number of alkyl halides is 1. The zero-order valence-corrected chi connectivity index (χ0v) is 12.5. The summed E-state index contributed by atoms with van der Waals surface area (Å²) in [6.45, 7) is 6.67. The van der Waals surface area contributed by atoms with Gasteiger partial charge in [-0.15, -0.1) is 0 Å². The summed E-state index contributed by atoms with van der Waals surface area (Å²) in [7, 11) is 0. The maximum absolute atomic E-state index is 6.01. The zero-order chi connectivity index (χ0) is 12.4. The standard InChI is InChI=1S/C15H21BrO/c1-4-14(16)11(3)8-13-9-12-7-10(2)5-6-15(12)17-13/h5-7,11,13-14H,4,8-9H2,1-3H3. The van der Waals surface area contributed by atoms with Crippen molar-refractivity contribution in [2.45, 2.75) is 51.0 Å². The van der Waals surface area contributed by atoms with Crippen molar-refractivity contribution >= 4 is 15.9 Å². The van der Waals surface area contributed by atoms with E-state index in [1.807, 2.05) is 0 Å². The molecule has 0 bridgehead atoms. The molecule has 2 rings (SSSR count). The van der Waals surface area contributed by atoms with Crippen LogP contribution in [0.3, 0.4) is 0 Å². The molecule has 1 aromatic rings. The van der Waals surface area contributed by atoms with Gasteiger partial charge < -0.3 is 4.74 Å². The fourth-order valence-corrected chi connectivity index (χ4v) is 2.76. The molecule has 1 aromatic carbocycles. The molecule has 3 atom stereocenters. The first-order chi connectivity index (χ1) is 8.10. The first-order valence-electron chi connectivity index (χ1n) is 6.50. The van der Waals surface area contributed by atoms with Gasteiger partial charge in [0.05, 0.1) is 0 Å². The topological polar surface area (TPSA) is 9.23 Å². The van der Waals surface area contributed by atoms with Crippen molar-refractivity contribution in [1.82, 2.24) is 0 Å². The van der Waals surface area contributed by atoms with Crippen molar-refractivity contribution in [3.8, 4) is 5.75 Å². The predicted molar refractivity (Wildman–Crippen MR) is 76.1 cm³/mol. The van der Waals surface area contributed by atoms with E-state index in [1.165, 1.54) is 17.5 Å². The molecule has 1 aliphatic heterocycles. The number of hydrogen-bond acceptors (Lipinski definition) is 1. The van der Waals surface area contributed by atoms with Crippen LogP contribution >= 0.6 is 15.9 Å². The highest BCUT2D eigenvalue weighted by molar-refractivity contribution is 9.09. The second-order valence-corrected chi connectivity index (χ2v) is 6.37. The first kappa shape index (κ1) is 12.9. The molecule has 2 heteroatoms. The molecule has 1 nitrogen and oxygen atoms in total. The van der Waals surface area contributed by atoms with E-state index in [0.29, 0.717) is 16.8 Å². The van der Waals surface area contributed by atoms with Gasteiger partial charge in [-0.25, -0.2) is 0 Å². The lowest BCUT2D eigenvalue weighted by Crippen LogP contribution is -2.21. The van der Waals surface area contributed by atoms with E-state index in [2.05, 4.69) is 54.9 Å². The summed E-state index contributed by atoms with van der Waals surface area (Å²) in [5.41, 5.74) is 2.71. The number of hydrogen-bond donors (Lipinski definition) is 0. The molecular weight excluding hydrogens is 276 g/mol. The maximum Gasteiger partial charge on any atom is 0.123 e. The first-order valence-corrected chi connectivity index (χ1v) is 7.42. The third-order valence-corrected chi connectivity index (χ3v) is 5.15. The number of halogens is 1. The molecule has 0 N–H and O–H groups in total. The van der Waals surface area contributed by atoms with Crippen LogP contribution in [0.2, 0.25) is 0 Å². The van der Waals surface area contributed by atoms with Gasteiger partial charge in [0.25, 0.3) is 0 Å². The van der Waals surface area contributed by atoms with Crippen molar-refractivity contribution in [2.24, 2.45) is 5.92 Å². The van der Waals surface area contributed by atoms with Crippen molar-refractivity contribution < 1.29 is 4.74 Å². The molecule has 0 saturated carbocycles. The molecular formula is C15H21BrO. The van der Waals surface area contributed by atoms with Crippen LogP contribution in [0, 0.1) is 12.8 Å². The maximum atomic E-state index is 6.01. The minimum Gasteiger partial charge on any atom is -0.490 e. The highest BCUT2D eigenvalue weighted by Gasteiger charge is 2.26. The van der Waals surface area contributed by atoms with Gasteiger partial charge in [-0.05, 0) is 37.3 Å². The highest BCUT2D eigenvalue weighted by atomic mass is 79.9. The number of rotatable bonds is 4. The van der Waals surface area contributed by atoms with Crippen molar-refractivity contribution in [1.29, 1.82) is 0 Å². The van der Waals surface area contributed by atoms with E-state index in [1.54, 1.807) is 0 Å². The van der Waals surface area contributed by atoms with Gasteiger partial charge in [-0.2, -0.15) is 0 Å². The smallest absolute Gasteiger partial charge is 0.123 e. The number of ether oxygens (including phenoxy) is 1. The Morgan fingerprint density at radius 3 is 2.94 bits per heavy atom. The molecule has 0 aromatic heterocycles. The largest absolute Gasteiger partial charge is 0.490 e. The van der Waals surface area contributed by atoms with Gasteiger partial charge in [-0.3, -0.25) is 0 Å². The van der Waals surface area contributed by atoms with E-state index in [4.69, 9.17) is 4.74 Å². The number of fused-ring (bicyclic) bond motifs is 1. The average molecular weight is 297 g/mol. The molecule has 0 saturated heterocycles. The molecule has 0 aliphatic carbocycles. The molecule has 0 fully saturated rings. The van der Waals surface area contributed by atoms with E-state index in [0.717, 1.165) is 18.6 Å². The van der Waals surface area contributed by atoms with Crippen LogP contribution in [0.4, 0.5) is 0 Å². The molecule has 0 amide bonds. The molecule has 0 radical (unpaired) electrons. The van der Waals surface area contributed by atoms with Crippen LogP contribution in [0.5, 0.6) is 5.75 Å². The third-order valence-electron chi connectivity index (χ3n) is 3.60. The van der Waals surface area contributed by atoms with Gasteiger partial charge >= 0.3 is 0 Å². The highest BCUT2D eigenvalue weighted by Crippen LogP contribution is 2.33. The summed E-state index contributed by atoms with van der Waals surface area (Å²) in [6, 6.07) is 6.50. The van der Waals surface area contributed by atoms with Crippen molar-refractivity contribution in [2.75, 3.05) is 0 Å². The van der Waals surface area contributed by atoms with Gasteiger partial charge in [-0.1, -0.05) is 47.5 Å². The summed E-state index contributed by atoms with van der Waals surface area (Å²) < 4.78 is 6.01. The summed E-state index contributed by atoms with van der Waals surface area (Å²) in [4.78, 5) is 0.608. The molecule has 0 spiro atoms. The second kappa shape index (κ2) is 5.43. The van der Waals surface area contributed by atoms with Crippen LogP contribution in [-0.4, -0.2) is 10.9 Å². The molecule has 1 heterocycles. The monoisotopic (exact) mass is 296 g/mol. The Morgan fingerprint density at radius 2 is 2.24 bits per heavy atom. The lowest BCUT2D eigenvalue weighted by molar-refractivity contribution is 0.197. The van der Waals surface area contributed by atoms with E-state index in [-0.39, 0.29) is 0 Å². The Labute approximate surface area is 113 Å². The number of aryl methyl sites for hydroxylation is 1. The summed E-state index contributed by atoms with van der Waals surface area (Å²) in [5.74, 6) is 1.76. The SMILES string of the molecule is CCC(Br)C(C)CC1Cc2cc(C)ccc2O1. The van der Waals surface area contributed by atoms with Crippen LogP contribution in [0.1, 0.15) is 37.8 Å². The minimum absolute atomic E-state index is 0.369. The Balaban J connectivity index is 1.96. The van der Waals surface area contributed by atoms with Crippen LogP contribution in [0.15, 0.2) is 18.2 Å². The van der Waals surface area contributed by atoms with Gasteiger partial charge in [0.2, 0.25) is 0 Å². The van der Waals surface area contributed by atoms with Gasteiger partial charge in [0.15, 0.2) is 0 Å². The van der Waals surface area contributed by atoms with Crippen LogP contribution in [-0.2, 0) is 6.42 Å². The van der Waals surface area contributed by atoms with E-state index >= 15 is 0 Å². The van der Waals surface area contributed by atoms with E-state index < -0.39 is 0 Å². The Bertz CT molecular complexity index is 389. The predicted octanol–water partition coefficient (Wildman–Crippen LogP) is 4.50. The minimum atomic E-state index is 0.369. The van der Waals surface area contributed by atoms with Crippen molar-refractivity contribution in [3.63, 3.8) is 0 Å². The fraction of sp³-hybridized carbons (Fsp3) is 0.600.